The summed E-state index contributed by atoms with van der Waals surface area (Å²) in [6.07, 6.45) is -3.63. The summed E-state index contributed by atoms with van der Waals surface area (Å²) in [5.74, 6) is -4.61. The monoisotopic (exact) mass is 616 g/mol. The lowest BCUT2D eigenvalue weighted by Gasteiger charge is -2.49. The highest BCUT2D eigenvalue weighted by Crippen LogP contribution is 2.53. The molecular weight excluding hydrogens is 588 g/mol. The molecule has 10 nitrogen and oxygen atoms in total. The van der Waals surface area contributed by atoms with Crippen LogP contribution in [0.2, 0.25) is 5.02 Å². The van der Waals surface area contributed by atoms with Crippen molar-refractivity contribution in [1.29, 1.82) is 0 Å². The van der Waals surface area contributed by atoms with Gasteiger partial charge in [0.15, 0.2) is 17.8 Å². The van der Waals surface area contributed by atoms with Gasteiger partial charge in [0.2, 0.25) is 11.9 Å². The van der Waals surface area contributed by atoms with Gasteiger partial charge in [0.25, 0.3) is 0 Å². The molecule has 5 atom stereocenters. The second kappa shape index (κ2) is 11.6. The smallest absolute Gasteiger partial charge is 0.303 e. The van der Waals surface area contributed by atoms with Crippen LogP contribution in [-0.4, -0.2) is 61.0 Å². The molecule has 0 spiro atoms. The Hall–Kier alpha value is -3.51. The van der Waals surface area contributed by atoms with E-state index in [-0.39, 0.29) is 6.61 Å². The molecule has 2 aliphatic heterocycles. The molecule has 0 saturated carbocycles. The van der Waals surface area contributed by atoms with E-state index in [2.05, 4.69) is 6.07 Å². The van der Waals surface area contributed by atoms with Gasteiger partial charge in [-0.25, -0.2) is 0 Å². The van der Waals surface area contributed by atoms with E-state index in [9.17, 15) is 19.2 Å². The van der Waals surface area contributed by atoms with Crippen molar-refractivity contribution in [2.45, 2.75) is 63.8 Å². The van der Waals surface area contributed by atoms with E-state index in [0.29, 0.717) is 17.0 Å². The maximum Gasteiger partial charge on any atom is 0.303 e. The number of halogens is 1. The second-order valence-corrected chi connectivity index (χ2v) is 11.8. The fourth-order valence-electron chi connectivity index (χ4n) is 5.46. The molecule has 0 aliphatic carbocycles. The quantitative estimate of drug-likeness (QED) is 0.265. The number of rotatable bonds is 8. The molecule has 3 aromatic rings. The summed E-state index contributed by atoms with van der Waals surface area (Å²) in [6.45, 7) is 4.10. The summed E-state index contributed by atoms with van der Waals surface area (Å²) in [5, 5.41) is 1.61. The first-order valence-electron chi connectivity index (χ1n) is 13.2. The van der Waals surface area contributed by atoms with Gasteiger partial charge in [0.05, 0.1) is 6.61 Å². The Bertz CT molecular complexity index is 1520. The second-order valence-electron chi connectivity index (χ2n) is 10.3. The SMILES string of the molecule is CC(=O)OC[C@@]12CO[C@@](c3ccc(Cl)c(Cc4cc5ccccc5s4)c3)(O1)[C@H](OC(C)=O)[C@@H](OC(C)=O)[C@@H]2OC(C)=O. The first-order valence-corrected chi connectivity index (χ1v) is 14.4. The minimum Gasteiger partial charge on any atom is -0.463 e. The Balaban J connectivity index is 1.62. The fraction of sp³-hybridized carbons (Fsp3) is 0.400. The molecular formula is C30H29ClO10S. The number of thiophene rings is 1. The van der Waals surface area contributed by atoms with Gasteiger partial charge in [0, 0.05) is 54.3 Å². The maximum absolute atomic E-state index is 12.4. The van der Waals surface area contributed by atoms with Crippen molar-refractivity contribution < 1.29 is 47.6 Å². The summed E-state index contributed by atoms with van der Waals surface area (Å²) in [6, 6.07) is 15.2. The Morgan fingerprint density at radius 1 is 0.905 bits per heavy atom. The predicted octanol–water partition coefficient (Wildman–Crippen LogP) is 4.46. The first kappa shape index (κ1) is 30.0. The lowest BCUT2D eigenvalue weighted by molar-refractivity contribution is -0.334. The molecule has 3 heterocycles. The average Bonchev–Trinajstić information content (AvgIpc) is 3.49. The van der Waals surface area contributed by atoms with Gasteiger partial charge in [-0.3, -0.25) is 19.2 Å². The highest BCUT2D eigenvalue weighted by Gasteiger charge is 2.72. The number of hydrogen-bond acceptors (Lipinski definition) is 11. The molecule has 222 valence electrons. The van der Waals surface area contributed by atoms with E-state index >= 15 is 0 Å². The van der Waals surface area contributed by atoms with Gasteiger partial charge in [-0.2, -0.15) is 0 Å². The van der Waals surface area contributed by atoms with E-state index in [1.165, 1.54) is 27.7 Å². The highest BCUT2D eigenvalue weighted by atomic mass is 35.5. The number of esters is 4. The van der Waals surface area contributed by atoms with Crippen LogP contribution in [0.25, 0.3) is 10.1 Å². The van der Waals surface area contributed by atoms with Crippen molar-refractivity contribution in [3.63, 3.8) is 0 Å². The molecule has 0 radical (unpaired) electrons. The van der Waals surface area contributed by atoms with Crippen LogP contribution in [0.3, 0.4) is 0 Å². The lowest BCUT2D eigenvalue weighted by Crippen LogP contribution is -2.68. The largest absolute Gasteiger partial charge is 0.463 e. The van der Waals surface area contributed by atoms with Crippen LogP contribution in [-0.2, 0) is 59.8 Å². The maximum atomic E-state index is 12.4. The third kappa shape index (κ3) is 5.74. The fourth-order valence-corrected chi connectivity index (χ4v) is 6.73. The van der Waals surface area contributed by atoms with Crippen molar-refractivity contribution >= 4 is 56.9 Å². The third-order valence-corrected chi connectivity index (χ3v) is 8.56. The van der Waals surface area contributed by atoms with E-state index in [1.54, 1.807) is 29.5 Å². The van der Waals surface area contributed by atoms with Crippen molar-refractivity contribution in [3.05, 3.63) is 69.6 Å². The molecule has 2 aliphatic rings. The van der Waals surface area contributed by atoms with Crippen LogP contribution in [0.5, 0.6) is 0 Å². The number of ether oxygens (including phenoxy) is 6. The molecule has 5 rings (SSSR count). The van der Waals surface area contributed by atoms with Gasteiger partial charge in [-0.05, 0) is 35.2 Å². The summed E-state index contributed by atoms with van der Waals surface area (Å²) in [4.78, 5) is 49.8. The Morgan fingerprint density at radius 2 is 1.60 bits per heavy atom. The predicted molar refractivity (Wildman–Crippen MR) is 151 cm³/mol. The molecule has 0 amide bonds. The molecule has 2 fully saturated rings. The number of carbonyl (C=O) groups excluding carboxylic acids is 4. The molecule has 2 aromatic carbocycles. The van der Waals surface area contributed by atoms with Crippen molar-refractivity contribution in [2.75, 3.05) is 13.2 Å². The number of benzene rings is 2. The zero-order valence-electron chi connectivity index (χ0n) is 23.3. The van der Waals surface area contributed by atoms with E-state index < -0.39 is 60.2 Å². The molecule has 12 heteroatoms. The zero-order valence-corrected chi connectivity index (χ0v) is 24.9. The van der Waals surface area contributed by atoms with Crippen LogP contribution in [0.15, 0.2) is 48.5 Å². The van der Waals surface area contributed by atoms with Crippen molar-refractivity contribution in [3.8, 4) is 0 Å². The third-order valence-electron chi connectivity index (χ3n) is 7.07. The van der Waals surface area contributed by atoms with Crippen LogP contribution >= 0.6 is 22.9 Å². The minimum absolute atomic E-state index is 0.248. The number of carbonyl (C=O) groups is 4. The lowest BCUT2D eigenvalue weighted by atomic mass is 9.83. The van der Waals surface area contributed by atoms with Gasteiger partial charge in [-0.15, -0.1) is 11.3 Å². The Kier molecular flexibility index (Phi) is 8.30. The average molecular weight is 617 g/mol. The molecule has 0 unspecified atom stereocenters. The molecule has 2 saturated heterocycles. The first-order chi connectivity index (χ1) is 19.9. The van der Waals surface area contributed by atoms with Crippen LogP contribution in [0.1, 0.15) is 43.7 Å². The van der Waals surface area contributed by atoms with Crippen LogP contribution < -0.4 is 0 Å². The summed E-state index contributed by atoms with van der Waals surface area (Å²) in [5.41, 5.74) is -0.441. The van der Waals surface area contributed by atoms with Gasteiger partial charge in [-0.1, -0.05) is 35.9 Å². The summed E-state index contributed by atoms with van der Waals surface area (Å²) >= 11 is 8.29. The van der Waals surface area contributed by atoms with Crippen molar-refractivity contribution in [2.24, 2.45) is 0 Å². The summed E-state index contributed by atoms with van der Waals surface area (Å²) in [7, 11) is 0. The molecule has 0 N–H and O–H groups in total. The highest BCUT2D eigenvalue weighted by molar-refractivity contribution is 7.19. The van der Waals surface area contributed by atoms with Crippen molar-refractivity contribution in [1.82, 2.24) is 0 Å². The summed E-state index contributed by atoms with van der Waals surface area (Å²) < 4.78 is 36.2. The standard InChI is InChI=1S/C30H29ClO10S/c1-16(32)36-14-29-15-37-30(41-29,28(40-19(4)35)26(38-17(2)33)27(29)39-18(3)34)22-9-10-24(31)21(11-22)13-23-12-20-7-5-6-8-25(20)42-23/h5-12,26-28H,13-15H2,1-4H3/t26-,27-,28+,29-,30-/m0/s1. The van der Waals surface area contributed by atoms with Crippen LogP contribution in [0, 0.1) is 0 Å². The van der Waals surface area contributed by atoms with Crippen LogP contribution in [0.4, 0.5) is 0 Å². The molecule has 1 aromatic heterocycles. The molecule has 42 heavy (non-hydrogen) atoms. The van der Waals surface area contributed by atoms with Gasteiger partial charge in [0.1, 0.15) is 6.61 Å². The number of hydrogen-bond donors (Lipinski definition) is 0. The number of fused-ring (bicyclic) bond motifs is 3. The Labute approximate surface area is 250 Å². The zero-order chi connectivity index (χ0) is 30.2. The Morgan fingerprint density at radius 3 is 2.26 bits per heavy atom. The minimum atomic E-state index is -1.83. The van der Waals surface area contributed by atoms with E-state index in [4.69, 9.17) is 40.0 Å². The topological polar surface area (TPSA) is 124 Å². The molecule has 2 bridgehead atoms. The normalized spacial score (nSPS) is 26.5. The van der Waals surface area contributed by atoms with E-state index in [1.807, 2.05) is 24.3 Å². The van der Waals surface area contributed by atoms with E-state index in [0.717, 1.165) is 20.5 Å². The van der Waals surface area contributed by atoms with Gasteiger partial charge >= 0.3 is 23.9 Å². The van der Waals surface area contributed by atoms with Gasteiger partial charge < -0.3 is 28.4 Å².